The van der Waals surface area contributed by atoms with E-state index in [4.69, 9.17) is 9.72 Å². The fourth-order valence-electron chi connectivity index (χ4n) is 4.79. The largest absolute Gasteiger partial charge is 0.471 e. The van der Waals surface area contributed by atoms with E-state index >= 15 is 0 Å². The summed E-state index contributed by atoms with van der Waals surface area (Å²) >= 11 is 0. The summed E-state index contributed by atoms with van der Waals surface area (Å²) in [7, 11) is 0. The van der Waals surface area contributed by atoms with E-state index in [0.717, 1.165) is 36.0 Å². The van der Waals surface area contributed by atoms with Crippen molar-refractivity contribution < 1.29 is 13.5 Å². The molecule has 5 nitrogen and oxygen atoms in total. The standard InChI is InChI=1S/C25H22F2N4O/c26-18-2-1-3-19(27)24(18)15-4-5-20-16(10-15)17(11-30-20)21-12-29-14-23(31-21)32-22-13-28-9-8-25(22)6-7-25/h1-5,10-12,14,22,28,30H,6-9,13H2. The number of hydrogen-bond acceptors (Lipinski definition) is 4. The van der Waals surface area contributed by atoms with Gasteiger partial charge in [0, 0.05) is 34.6 Å². The van der Waals surface area contributed by atoms with E-state index in [9.17, 15) is 8.78 Å². The summed E-state index contributed by atoms with van der Waals surface area (Å²) in [4.78, 5) is 12.3. The SMILES string of the molecule is Fc1cccc(F)c1-c1ccc2[nH]cc(-c3cncc(OC4CNCCC45CC5)n3)c2c1. The van der Waals surface area contributed by atoms with E-state index in [0.29, 0.717) is 17.1 Å². The van der Waals surface area contributed by atoms with Gasteiger partial charge in [-0.3, -0.25) is 4.98 Å². The van der Waals surface area contributed by atoms with E-state index in [2.05, 4.69) is 15.3 Å². The summed E-state index contributed by atoms with van der Waals surface area (Å²) in [5.41, 5.74) is 3.01. The molecular weight excluding hydrogens is 410 g/mol. The predicted octanol–water partition coefficient (Wildman–Crippen LogP) is 5.09. The fraction of sp³-hybridized carbons (Fsp3) is 0.280. The molecule has 1 unspecified atom stereocenters. The second kappa shape index (κ2) is 7.38. The molecule has 2 aromatic heterocycles. The molecule has 1 saturated heterocycles. The maximum Gasteiger partial charge on any atom is 0.233 e. The quantitative estimate of drug-likeness (QED) is 0.472. The van der Waals surface area contributed by atoms with Crippen LogP contribution in [0.15, 0.2) is 55.0 Å². The highest BCUT2D eigenvalue weighted by Crippen LogP contribution is 2.53. The Bertz CT molecular complexity index is 1290. The first-order chi connectivity index (χ1) is 15.6. The van der Waals surface area contributed by atoms with Crippen molar-refractivity contribution >= 4 is 10.9 Å². The van der Waals surface area contributed by atoms with Crippen LogP contribution in [0.2, 0.25) is 0 Å². The number of nitrogens with one attached hydrogen (secondary N) is 2. The number of nitrogens with zero attached hydrogens (tertiary/aromatic N) is 2. The van der Waals surface area contributed by atoms with Gasteiger partial charge in [-0.1, -0.05) is 12.1 Å². The Kier molecular flexibility index (Phi) is 4.47. The molecule has 2 N–H and O–H groups in total. The van der Waals surface area contributed by atoms with Gasteiger partial charge in [-0.15, -0.1) is 0 Å². The van der Waals surface area contributed by atoms with Crippen LogP contribution < -0.4 is 10.1 Å². The zero-order valence-electron chi connectivity index (χ0n) is 17.4. The minimum atomic E-state index is -0.591. The normalized spacial score (nSPS) is 19.4. The van der Waals surface area contributed by atoms with E-state index in [-0.39, 0.29) is 17.1 Å². The lowest BCUT2D eigenvalue weighted by Crippen LogP contribution is -2.45. The zero-order chi connectivity index (χ0) is 21.7. The van der Waals surface area contributed by atoms with Crippen LogP contribution in [0.4, 0.5) is 8.78 Å². The van der Waals surface area contributed by atoms with Crippen LogP contribution in [-0.2, 0) is 0 Å². The summed E-state index contributed by atoms with van der Waals surface area (Å²) in [5.74, 6) is -0.688. The topological polar surface area (TPSA) is 62.8 Å². The average molecular weight is 432 g/mol. The van der Waals surface area contributed by atoms with Gasteiger partial charge in [0.25, 0.3) is 0 Å². The molecule has 2 aromatic carbocycles. The van der Waals surface area contributed by atoms with Crippen molar-refractivity contribution in [1.82, 2.24) is 20.3 Å². The number of H-pyrrole nitrogens is 1. The molecule has 162 valence electrons. The van der Waals surface area contributed by atoms with Crippen molar-refractivity contribution in [3.8, 4) is 28.3 Å². The Hall–Kier alpha value is -3.32. The number of aromatic nitrogens is 3. The van der Waals surface area contributed by atoms with E-state index in [1.54, 1.807) is 24.5 Å². The molecule has 32 heavy (non-hydrogen) atoms. The Labute approximate surface area is 183 Å². The first kappa shape index (κ1) is 19.4. The van der Waals surface area contributed by atoms with Gasteiger partial charge in [0.05, 0.1) is 23.7 Å². The van der Waals surface area contributed by atoms with Crippen molar-refractivity contribution in [2.24, 2.45) is 5.41 Å². The van der Waals surface area contributed by atoms with Gasteiger partial charge in [-0.2, -0.15) is 0 Å². The van der Waals surface area contributed by atoms with Crippen molar-refractivity contribution in [2.75, 3.05) is 13.1 Å². The number of hydrogen-bond donors (Lipinski definition) is 2. The van der Waals surface area contributed by atoms with Crippen molar-refractivity contribution in [2.45, 2.75) is 25.4 Å². The average Bonchev–Trinajstić information content (AvgIpc) is 3.44. The number of rotatable bonds is 4. The second-order valence-corrected chi connectivity index (χ2v) is 8.72. The summed E-state index contributed by atoms with van der Waals surface area (Å²) in [6, 6.07) is 9.20. The van der Waals surface area contributed by atoms with Crippen LogP contribution in [0.1, 0.15) is 19.3 Å². The van der Waals surface area contributed by atoms with Crippen LogP contribution in [0.3, 0.4) is 0 Å². The Morgan fingerprint density at radius 3 is 2.69 bits per heavy atom. The molecule has 7 heteroatoms. The van der Waals surface area contributed by atoms with Crippen LogP contribution in [0.5, 0.6) is 5.88 Å². The van der Waals surface area contributed by atoms with Crippen molar-refractivity contribution in [3.05, 3.63) is 66.6 Å². The lowest BCUT2D eigenvalue weighted by molar-refractivity contribution is 0.0844. The fourth-order valence-corrected chi connectivity index (χ4v) is 4.79. The summed E-state index contributed by atoms with van der Waals surface area (Å²) < 4.78 is 34.9. The lowest BCUT2D eigenvalue weighted by atomic mass is 9.92. The number of aromatic amines is 1. The van der Waals surface area contributed by atoms with Gasteiger partial charge in [-0.05, 0) is 55.6 Å². The molecule has 1 aliphatic carbocycles. The van der Waals surface area contributed by atoms with E-state index in [1.165, 1.54) is 31.0 Å². The molecule has 1 atom stereocenters. The number of piperidine rings is 1. The third kappa shape index (κ3) is 3.24. The van der Waals surface area contributed by atoms with Gasteiger partial charge in [0.15, 0.2) is 0 Å². The molecule has 1 aliphatic heterocycles. The monoisotopic (exact) mass is 432 g/mol. The molecule has 0 amide bonds. The molecular formula is C25H22F2N4O. The maximum atomic E-state index is 14.3. The molecule has 6 rings (SSSR count). The Morgan fingerprint density at radius 2 is 1.88 bits per heavy atom. The van der Waals surface area contributed by atoms with Crippen LogP contribution in [-0.4, -0.2) is 34.1 Å². The Morgan fingerprint density at radius 1 is 1.03 bits per heavy atom. The minimum absolute atomic E-state index is 0.0377. The molecule has 1 spiro atoms. The Balaban J connectivity index is 1.37. The van der Waals surface area contributed by atoms with Crippen molar-refractivity contribution in [3.63, 3.8) is 0 Å². The first-order valence-corrected chi connectivity index (χ1v) is 10.9. The van der Waals surface area contributed by atoms with Gasteiger partial charge in [0.2, 0.25) is 5.88 Å². The highest BCUT2D eigenvalue weighted by atomic mass is 19.1. The van der Waals surface area contributed by atoms with E-state index < -0.39 is 11.6 Å². The molecule has 4 aromatic rings. The van der Waals surface area contributed by atoms with Crippen LogP contribution in [0, 0.1) is 17.0 Å². The maximum absolute atomic E-state index is 14.3. The second-order valence-electron chi connectivity index (χ2n) is 8.72. The van der Waals surface area contributed by atoms with E-state index in [1.807, 2.05) is 12.3 Å². The smallest absolute Gasteiger partial charge is 0.233 e. The molecule has 3 heterocycles. The van der Waals surface area contributed by atoms with Gasteiger partial charge >= 0.3 is 0 Å². The van der Waals surface area contributed by atoms with Crippen LogP contribution >= 0.6 is 0 Å². The number of benzene rings is 2. The molecule has 1 saturated carbocycles. The van der Waals surface area contributed by atoms with Gasteiger partial charge in [-0.25, -0.2) is 13.8 Å². The summed E-state index contributed by atoms with van der Waals surface area (Å²) in [5, 5.41) is 4.22. The number of halogens is 2. The molecule has 0 radical (unpaired) electrons. The molecule has 2 aliphatic rings. The molecule has 0 bridgehead atoms. The number of fused-ring (bicyclic) bond motifs is 1. The van der Waals surface area contributed by atoms with Gasteiger partial charge in [0.1, 0.15) is 17.7 Å². The highest BCUT2D eigenvalue weighted by Gasteiger charge is 2.52. The van der Waals surface area contributed by atoms with Crippen LogP contribution in [0.25, 0.3) is 33.3 Å². The molecule has 2 fully saturated rings. The van der Waals surface area contributed by atoms with Gasteiger partial charge < -0.3 is 15.0 Å². The third-order valence-corrected chi connectivity index (χ3v) is 6.79. The minimum Gasteiger partial charge on any atom is -0.471 e. The lowest BCUT2D eigenvalue weighted by Gasteiger charge is -2.32. The third-order valence-electron chi connectivity index (χ3n) is 6.79. The zero-order valence-corrected chi connectivity index (χ0v) is 17.4. The predicted molar refractivity (Wildman–Crippen MR) is 118 cm³/mol. The number of ether oxygens (including phenoxy) is 1. The summed E-state index contributed by atoms with van der Waals surface area (Å²) in [6.45, 7) is 1.85. The van der Waals surface area contributed by atoms with Crippen molar-refractivity contribution in [1.29, 1.82) is 0 Å². The first-order valence-electron chi connectivity index (χ1n) is 10.9. The summed E-state index contributed by atoms with van der Waals surface area (Å²) in [6.07, 6.45) is 8.78. The highest BCUT2D eigenvalue weighted by molar-refractivity contribution is 5.97.